The quantitative estimate of drug-likeness (QED) is 0.776. The van der Waals surface area contributed by atoms with E-state index in [1.165, 1.54) is 0 Å². The van der Waals surface area contributed by atoms with Gasteiger partial charge in [0, 0.05) is 22.4 Å². The topological polar surface area (TPSA) is 63.3 Å². The van der Waals surface area contributed by atoms with E-state index in [1.54, 1.807) is 0 Å². The molecule has 1 aromatic rings. The first-order valence-corrected chi connectivity index (χ1v) is 3.72. The molecule has 0 aliphatic heterocycles. The van der Waals surface area contributed by atoms with E-state index in [1.807, 2.05) is 30.3 Å². The molecule has 0 aromatic heterocycles. The van der Waals surface area contributed by atoms with Gasteiger partial charge in [-0.3, -0.25) is 4.79 Å². The first-order valence-electron chi connectivity index (χ1n) is 3.72. The largest absolute Gasteiger partial charge is 0.480 e. The standard InChI is InChI=1S/C9H11NO2.Au/c10-8(9(11)12)6-7-4-2-1-3-5-7;/h1-5,8H,6,10H2,(H,11,12);/t8-;/m0./s1. The molecule has 0 saturated carbocycles. The van der Waals surface area contributed by atoms with Crippen molar-refractivity contribution in [2.45, 2.75) is 12.5 Å². The molecular weight excluding hydrogens is 351 g/mol. The van der Waals surface area contributed by atoms with E-state index in [4.69, 9.17) is 10.8 Å². The molecule has 0 bridgehead atoms. The molecule has 75 valence electrons. The Labute approximate surface area is 92.5 Å². The Kier molecular flexibility index (Phi) is 5.66. The van der Waals surface area contributed by atoms with E-state index in [0.717, 1.165) is 5.56 Å². The van der Waals surface area contributed by atoms with Crippen LogP contribution >= 0.6 is 0 Å². The second kappa shape index (κ2) is 5.94. The molecule has 3 N–H and O–H groups in total. The second-order valence-electron chi connectivity index (χ2n) is 2.63. The second-order valence-corrected chi connectivity index (χ2v) is 2.63. The van der Waals surface area contributed by atoms with Crippen LogP contribution < -0.4 is 5.73 Å². The minimum absolute atomic E-state index is 0. The maximum absolute atomic E-state index is 10.4. The van der Waals surface area contributed by atoms with Gasteiger partial charge in [-0.2, -0.15) is 0 Å². The zero-order valence-corrected chi connectivity index (χ0v) is 9.07. The molecule has 0 spiro atoms. The summed E-state index contributed by atoms with van der Waals surface area (Å²) >= 11 is 0. The zero-order valence-electron chi connectivity index (χ0n) is 6.91. The Morgan fingerprint density at radius 3 is 2.38 bits per heavy atom. The third-order valence-corrected chi connectivity index (χ3v) is 1.62. The van der Waals surface area contributed by atoms with E-state index in [0.29, 0.717) is 6.42 Å². The monoisotopic (exact) mass is 362 g/mol. The zero-order chi connectivity index (χ0) is 8.97. The number of nitrogens with two attached hydrogens (primary N) is 1. The number of aliphatic carboxylic acids is 1. The molecule has 1 rings (SSSR count). The fraction of sp³-hybridized carbons (Fsp3) is 0.222. The van der Waals surface area contributed by atoms with Crippen molar-refractivity contribution in [1.29, 1.82) is 0 Å². The molecule has 1 radical (unpaired) electrons. The SMILES string of the molecule is N[C@@H](Cc1ccccc1)C(=O)O.[Au]. The van der Waals surface area contributed by atoms with Gasteiger partial charge in [0.05, 0.1) is 0 Å². The van der Waals surface area contributed by atoms with Gasteiger partial charge in [-0.15, -0.1) is 0 Å². The minimum Gasteiger partial charge on any atom is -0.480 e. The number of hydrogen-bond acceptors (Lipinski definition) is 2. The number of hydrogen-bond donors (Lipinski definition) is 2. The summed E-state index contributed by atoms with van der Waals surface area (Å²) in [6.45, 7) is 0. The molecule has 0 aliphatic rings. The predicted molar refractivity (Wildman–Crippen MR) is 45.8 cm³/mol. The third kappa shape index (κ3) is 4.24. The first kappa shape index (κ1) is 12.4. The van der Waals surface area contributed by atoms with E-state index in [-0.39, 0.29) is 22.4 Å². The van der Waals surface area contributed by atoms with Crippen LogP contribution in [0.15, 0.2) is 30.3 Å². The van der Waals surface area contributed by atoms with Crippen LogP contribution in [0.25, 0.3) is 0 Å². The average Bonchev–Trinajstić information content (AvgIpc) is 2.06. The predicted octanol–water partition coefficient (Wildman–Crippen LogP) is 0.639. The Balaban J connectivity index is 0.00000144. The summed E-state index contributed by atoms with van der Waals surface area (Å²) in [4.78, 5) is 10.4. The van der Waals surface area contributed by atoms with Crippen LogP contribution in [0.4, 0.5) is 0 Å². The molecular formula is C9H11AuNO2. The summed E-state index contributed by atoms with van der Waals surface area (Å²) in [6, 6.07) is 8.54. The number of carbonyl (C=O) groups is 1. The molecule has 3 nitrogen and oxygen atoms in total. The van der Waals surface area contributed by atoms with Gasteiger partial charge >= 0.3 is 5.97 Å². The maximum atomic E-state index is 10.4. The molecule has 0 fully saturated rings. The molecule has 0 saturated heterocycles. The molecule has 1 aromatic carbocycles. The Morgan fingerprint density at radius 1 is 1.38 bits per heavy atom. The fourth-order valence-corrected chi connectivity index (χ4v) is 0.955. The van der Waals surface area contributed by atoms with Crippen molar-refractivity contribution in [2.75, 3.05) is 0 Å². The third-order valence-electron chi connectivity index (χ3n) is 1.62. The van der Waals surface area contributed by atoms with Crippen molar-refractivity contribution in [3.05, 3.63) is 35.9 Å². The molecule has 4 heteroatoms. The van der Waals surface area contributed by atoms with Crippen molar-refractivity contribution in [3.8, 4) is 0 Å². The van der Waals surface area contributed by atoms with Crippen molar-refractivity contribution >= 4 is 5.97 Å². The van der Waals surface area contributed by atoms with Crippen LogP contribution in [-0.4, -0.2) is 17.1 Å². The first-order chi connectivity index (χ1) is 5.70. The summed E-state index contributed by atoms with van der Waals surface area (Å²) < 4.78 is 0. The van der Waals surface area contributed by atoms with Gasteiger partial charge in [-0.1, -0.05) is 30.3 Å². The molecule has 13 heavy (non-hydrogen) atoms. The van der Waals surface area contributed by atoms with Gasteiger partial charge in [0.15, 0.2) is 0 Å². The van der Waals surface area contributed by atoms with E-state index >= 15 is 0 Å². The summed E-state index contributed by atoms with van der Waals surface area (Å²) in [7, 11) is 0. The van der Waals surface area contributed by atoms with Gasteiger partial charge in [-0.25, -0.2) is 0 Å². The van der Waals surface area contributed by atoms with Crippen molar-refractivity contribution in [3.63, 3.8) is 0 Å². The van der Waals surface area contributed by atoms with Gasteiger partial charge in [0.1, 0.15) is 6.04 Å². The molecule has 0 aliphatic carbocycles. The van der Waals surface area contributed by atoms with Gasteiger partial charge < -0.3 is 10.8 Å². The van der Waals surface area contributed by atoms with E-state index < -0.39 is 12.0 Å². The van der Waals surface area contributed by atoms with Crippen LogP contribution in [0.1, 0.15) is 5.56 Å². The smallest absolute Gasteiger partial charge is 0.320 e. The molecule has 0 unspecified atom stereocenters. The van der Waals surface area contributed by atoms with Crippen molar-refractivity contribution in [2.24, 2.45) is 5.73 Å². The van der Waals surface area contributed by atoms with E-state index in [9.17, 15) is 4.79 Å². The number of carboxylic acids is 1. The van der Waals surface area contributed by atoms with Crippen LogP contribution in [0.3, 0.4) is 0 Å². The summed E-state index contributed by atoms with van der Waals surface area (Å²) in [5, 5.41) is 8.52. The van der Waals surface area contributed by atoms with Gasteiger partial charge in [-0.05, 0) is 12.0 Å². The number of benzene rings is 1. The summed E-state index contributed by atoms with van der Waals surface area (Å²) in [5.41, 5.74) is 6.30. The summed E-state index contributed by atoms with van der Waals surface area (Å²) in [5.74, 6) is -0.959. The Bertz CT molecular complexity index is 264. The van der Waals surface area contributed by atoms with Gasteiger partial charge in [0.2, 0.25) is 0 Å². The Morgan fingerprint density at radius 2 is 1.92 bits per heavy atom. The maximum Gasteiger partial charge on any atom is 0.320 e. The van der Waals surface area contributed by atoms with E-state index in [2.05, 4.69) is 0 Å². The van der Waals surface area contributed by atoms with Crippen LogP contribution in [0, 0.1) is 0 Å². The molecule has 0 heterocycles. The average molecular weight is 362 g/mol. The van der Waals surface area contributed by atoms with Crippen molar-refractivity contribution in [1.82, 2.24) is 0 Å². The molecule has 1 atom stereocenters. The number of carboxylic acid groups (broad SMARTS) is 1. The minimum atomic E-state index is -0.959. The molecule has 0 amide bonds. The van der Waals surface area contributed by atoms with Crippen molar-refractivity contribution < 1.29 is 32.3 Å². The van der Waals surface area contributed by atoms with Crippen LogP contribution in [0.2, 0.25) is 0 Å². The summed E-state index contributed by atoms with van der Waals surface area (Å²) in [6.07, 6.45) is 0.385. The van der Waals surface area contributed by atoms with Crippen LogP contribution in [0.5, 0.6) is 0 Å². The van der Waals surface area contributed by atoms with Crippen LogP contribution in [-0.2, 0) is 33.6 Å². The normalized spacial score (nSPS) is 11.5. The Hall–Kier alpha value is -0.610. The fourth-order valence-electron chi connectivity index (χ4n) is 0.955. The van der Waals surface area contributed by atoms with Gasteiger partial charge in [0.25, 0.3) is 0 Å². The number of rotatable bonds is 3.